The molecular weight excluding hydrogens is 192 g/mol. The molecule has 1 N–H and O–H groups in total. The van der Waals surface area contributed by atoms with Gasteiger partial charge in [0.1, 0.15) is 0 Å². The van der Waals surface area contributed by atoms with Crippen LogP contribution in [0.25, 0.3) is 6.08 Å². The van der Waals surface area contributed by atoms with Crippen LogP contribution in [-0.2, 0) is 4.79 Å². The summed E-state index contributed by atoms with van der Waals surface area (Å²) in [5, 5.41) is 2.66. The number of methoxy groups -OCH3 is 1. The molecule has 0 atom stereocenters. The molecule has 1 amide bonds. The van der Waals surface area contributed by atoms with Gasteiger partial charge in [0.2, 0.25) is 11.8 Å². The molecule has 0 spiro atoms. The summed E-state index contributed by atoms with van der Waals surface area (Å²) in [7, 11) is 1.58. The molecule has 0 saturated carbocycles. The normalized spacial score (nSPS) is 10.3. The topological polar surface area (TPSA) is 51.2 Å². The third kappa shape index (κ3) is 4.26. The molecule has 1 aromatic heterocycles. The summed E-state index contributed by atoms with van der Waals surface area (Å²) >= 11 is 0. The Bertz CT molecular complexity index is 361. The summed E-state index contributed by atoms with van der Waals surface area (Å²) in [5.74, 6) is 0.537. The first-order chi connectivity index (χ1) is 7.22. The van der Waals surface area contributed by atoms with Crippen LogP contribution in [0.15, 0.2) is 24.3 Å². The molecule has 0 aromatic carbocycles. The number of amides is 1. The molecule has 0 unspecified atom stereocenters. The second-order valence-electron chi connectivity index (χ2n) is 2.94. The van der Waals surface area contributed by atoms with Gasteiger partial charge in [-0.15, -0.1) is 0 Å². The van der Waals surface area contributed by atoms with Crippen molar-refractivity contribution in [1.82, 2.24) is 10.3 Å². The average molecular weight is 206 g/mol. The van der Waals surface area contributed by atoms with Crippen LogP contribution >= 0.6 is 0 Å². The fourth-order valence-electron chi connectivity index (χ4n) is 1.02. The van der Waals surface area contributed by atoms with Crippen LogP contribution in [0, 0.1) is 0 Å². The summed E-state index contributed by atoms with van der Waals surface area (Å²) in [4.78, 5) is 14.8. The Kier molecular flexibility index (Phi) is 4.34. The zero-order chi connectivity index (χ0) is 11.1. The van der Waals surface area contributed by atoms with E-state index in [1.807, 2.05) is 24.3 Å². The zero-order valence-corrected chi connectivity index (χ0v) is 8.86. The lowest BCUT2D eigenvalue weighted by Gasteiger charge is -1.99. The van der Waals surface area contributed by atoms with Gasteiger partial charge in [-0.25, -0.2) is 4.98 Å². The van der Waals surface area contributed by atoms with Crippen molar-refractivity contribution in [3.63, 3.8) is 0 Å². The number of aromatic nitrogens is 1. The zero-order valence-electron chi connectivity index (χ0n) is 8.86. The monoisotopic (exact) mass is 206 g/mol. The van der Waals surface area contributed by atoms with Gasteiger partial charge in [-0.2, -0.15) is 0 Å². The van der Waals surface area contributed by atoms with E-state index in [4.69, 9.17) is 4.74 Å². The van der Waals surface area contributed by atoms with Crippen molar-refractivity contribution >= 4 is 12.0 Å². The summed E-state index contributed by atoms with van der Waals surface area (Å²) in [5.41, 5.74) is 0.805. The highest BCUT2D eigenvalue weighted by Gasteiger charge is 1.92. The lowest BCUT2D eigenvalue weighted by molar-refractivity contribution is -0.118. The number of nitrogens with zero attached hydrogens (tertiary/aromatic N) is 1. The average Bonchev–Trinajstić information content (AvgIpc) is 2.24. The van der Waals surface area contributed by atoms with E-state index < -0.39 is 0 Å². The minimum absolute atomic E-state index is 0.0433. The van der Waals surface area contributed by atoms with Crippen LogP contribution in [0.5, 0.6) is 5.88 Å². The minimum atomic E-state index is -0.0433. The third-order valence-corrected chi connectivity index (χ3v) is 1.71. The standard InChI is InChI=1S/C11H14N2O2/c1-9(14)12-8-4-6-10-5-3-7-11(13-10)15-2/h3-7H,8H2,1-2H3,(H,12,14). The molecule has 80 valence electrons. The fraction of sp³-hybridized carbons (Fsp3) is 0.273. The smallest absolute Gasteiger partial charge is 0.217 e. The Hall–Kier alpha value is -1.84. The maximum Gasteiger partial charge on any atom is 0.217 e. The molecule has 0 bridgehead atoms. The van der Waals surface area contributed by atoms with Crippen LogP contribution in [-0.4, -0.2) is 24.5 Å². The van der Waals surface area contributed by atoms with Crippen molar-refractivity contribution in [3.8, 4) is 5.88 Å². The van der Waals surface area contributed by atoms with Gasteiger partial charge < -0.3 is 10.1 Å². The summed E-state index contributed by atoms with van der Waals surface area (Å²) in [6, 6.07) is 5.52. The van der Waals surface area contributed by atoms with E-state index in [9.17, 15) is 4.79 Å². The van der Waals surface area contributed by atoms with Gasteiger partial charge in [0.15, 0.2) is 0 Å². The van der Waals surface area contributed by atoms with Gasteiger partial charge in [-0.05, 0) is 12.1 Å². The quantitative estimate of drug-likeness (QED) is 0.806. The molecule has 15 heavy (non-hydrogen) atoms. The molecular formula is C11H14N2O2. The number of rotatable bonds is 4. The van der Waals surface area contributed by atoms with E-state index >= 15 is 0 Å². The van der Waals surface area contributed by atoms with Gasteiger partial charge in [0.25, 0.3) is 0 Å². The summed E-state index contributed by atoms with van der Waals surface area (Å²) in [6.07, 6.45) is 3.67. The molecule has 1 aromatic rings. The second kappa shape index (κ2) is 5.80. The number of nitrogens with one attached hydrogen (secondary N) is 1. The van der Waals surface area contributed by atoms with Gasteiger partial charge in [-0.3, -0.25) is 4.79 Å². The predicted octanol–water partition coefficient (Wildman–Crippen LogP) is 1.24. The number of carbonyl (C=O) groups is 1. The first-order valence-electron chi connectivity index (χ1n) is 4.64. The van der Waals surface area contributed by atoms with Crippen LogP contribution in [0.4, 0.5) is 0 Å². The van der Waals surface area contributed by atoms with E-state index in [1.54, 1.807) is 13.2 Å². The number of carbonyl (C=O) groups excluding carboxylic acids is 1. The maximum absolute atomic E-state index is 10.6. The van der Waals surface area contributed by atoms with Crippen molar-refractivity contribution < 1.29 is 9.53 Å². The Morgan fingerprint density at radius 2 is 2.40 bits per heavy atom. The van der Waals surface area contributed by atoms with Crippen molar-refractivity contribution in [1.29, 1.82) is 0 Å². The third-order valence-electron chi connectivity index (χ3n) is 1.71. The molecule has 0 aliphatic heterocycles. The van der Waals surface area contributed by atoms with Crippen molar-refractivity contribution in [2.75, 3.05) is 13.7 Å². The number of hydrogen-bond donors (Lipinski definition) is 1. The van der Waals surface area contributed by atoms with Crippen molar-refractivity contribution in [2.24, 2.45) is 0 Å². The van der Waals surface area contributed by atoms with Crippen LogP contribution in [0.3, 0.4) is 0 Å². The minimum Gasteiger partial charge on any atom is -0.481 e. The van der Waals surface area contributed by atoms with Gasteiger partial charge >= 0.3 is 0 Å². The summed E-state index contributed by atoms with van der Waals surface area (Å²) < 4.78 is 4.98. The van der Waals surface area contributed by atoms with Gasteiger partial charge in [0.05, 0.1) is 12.8 Å². The first kappa shape index (κ1) is 11.2. The van der Waals surface area contributed by atoms with Gasteiger partial charge in [-0.1, -0.05) is 12.1 Å². The molecule has 0 saturated heterocycles. The molecule has 4 nitrogen and oxygen atoms in total. The van der Waals surface area contributed by atoms with E-state index in [0.29, 0.717) is 12.4 Å². The number of hydrogen-bond acceptors (Lipinski definition) is 3. The number of ether oxygens (including phenoxy) is 1. The van der Waals surface area contributed by atoms with Crippen LogP contribution in [0.1, 0.15) is 12.6 Å². The molecule has 0 aliphatic carbocycles. The Balaban J connectivity index is 2.52. The molecule has 0 radical (unpaired) electrons. The fourth-order valence-corrected chi connectivity index (χ4v) is 1.02. The van der Waals surface area contributed by atoms with Gasteiger partial charge in [0, 0.05) is 19.5 Å². The largest absolute Gasteiger partial charge is 0.481 e. The van der Waals surface area contributed by atoms with E-state index in [-0.39, 0.29) is 5.91 Å². The first-order valence-corrected chi connectivity index (χ1v) is 4.64. The highest BCUT2D eigenvalue weighted by Crippen LogP contribution is 2.07. The Labute approximate surface area is 89.0 Å². The molecule has 4 heteroatoms. The summed E-state index contributed by atoms with van der Waals surface area (Å²) in [6.45, 7) is 1.99. The van der Waals surface area contributed by atoms with E-state index in [1.165, 1.54) is 6.92 Å². The predicted molar refractivity (Wildman–Crippen MR) is 58.5 cm³/mol. The number of pyridine rings is 1. The Morgan fingerprint density at radius 3 is 3.07 bits per heavy atom. The van der Waals surface area contributed by atoms with E-state index in [0.717, 1.165) is 5.69 Å². The van der Waals surface area contributed by atoms with Crippen LogP contribution < -0.4 is 10.1 Å². The second-order valence-corrected chi connectivity index (χ2v) is 2.94. The maximum atomic E-state index is 10.6. The van der Waals surface area contributed by atoms with Crippen molar-refractivity contribution in [3.05, 3.63) is 30.0 Å². The molecule has 1 rings (SSSR count). The SMILES string of the molecule is COc1cccc(C=CCNC(C)=O)n1. The lowest BCUT2D eigenvalue weighted by atomic mass is 10.3. The van der Waals surface area contributed by atoms with Crippen molar-refractivity contribution in [2.45, 2.75) is 6.92 Å². The van der Waals surface area contributed by atoms with Crippen LogP contribution in [0.2, 0.25) is 0 Å². The Morgan fingerprint density at radius 1 is 1.60 bits per heavy atom. The highest BCUT2D eigenvalue weighted by molar-refractivity contribution is 5.73. The molecule has 1 heterocycles. The molecule has 0 fully saturated rings. The highest BCUT2D eigenvalue weighted by atomic mass is 16.5. The molecule has 0 aliphatic rings. The lowest BCUT2D eigenvalue weighted by Crippen LogP contribution is -2.19. The van der Waals surface area contributed by atoms with E-state index in [2.05, 4.69) is 10.3 Å².